The van der Waals surface area contributed by atoms with Gasteiger partial charge < -0.3 is 14.6 Å². The van der Waals surface area contributed by atoms with Gasteiger partial charge in [-0.15, -0.1) is 0 Å². The van der Waals surface area contributed by atoms with Gasteiger partial charge >= 0.3 is 6.18 Å². The number of halogens is 4. The van der Waals surface area contributed by atoms with Gasteiger partial charge in [0.15, 0.2) is 5.82 Å². The number of hydrogen-bond donors (Lipinski definition) is 1. The standard InChI is InChI=1S/C30H24ClF3N4O2/c31-23-11-12-25-26(17-23)36-28(21-7-2-1-3-8-21)37-29(25)38(19-24-10-5-15-40-24)14-13-27(39)35-18-20-6-4-9-22(16-20)30(32,33)34/h1-12,15-17H,13-14,18-19H2,(H,35,39). The van der Waals surface area contributed by atoms with E-state index in [1.54, 1.807) is 30.5 Å². The van der Waals surface area contributed by atoms with Gasteiger partial charge in [-0.3, -0.25) is 4.79 Å². The second-order valence-electron chi connectivity index (χ2n) is 9.12. The summed E-state index contributed by atoms with van der Waals surface area (Å²) >= 11 is 6.28. The number of alkyl halides is 3. The molecule has 3 aromatic carbocycles. The fourth-order valence-electron chi connectivity index (χ4n) is 4.28. The molecule has 0 aliphatic heterocycles. The van der Waals surface area contributed by atoms with Crippen LogP contribution in [0.15, 0.2) is 95.6 Å². The zero-order valence-corrected chi connectivity index (χ0v) is 21.9. The zero-order chi connectivity index (χ0) is 28.1. The maximum Gasteiger partial charge on any atom is 0.416 e. The van der Waals surface area contributed by atoms with Gasteiger partial charge in [0, 0.05) is 35.5 Å². The molecule has 0 saturated heterocycles. The molecule has 0 unspecified atom stereocenters. The highest BCUT2D eigenvalue weighted by Crippen LogP contribution is 2.31. The maximum atomic E-state index is 13.0. The highest BCUT2D eigenvalue weighted by molar-refractivity contribution is 6.31. The molecule has 0 aliphatic carbocycles. The highest BCUT2D eigenvalue weighted by atomic mass is 35.5. The Bertz CT molecular complexity index is 1610. The van der Waals surface area contributed by atoms with Crippen LogP contribution in [0.2, 0.25) is 5.02 Å². The SMILES string of the molecule is O=C(CCN(Cc1ccco1)c1nc(-c2ccccc2)nc2cc(Cl)ccc12)NCc1cccc(C(F)(F)F)c1. The number of aromatic nitrogens is 2. The largest absolute Gasteiger partial charge is 0.467 e. The number of amides is 1. The molecule has 0 radical (unpaired) electrons. The third-order valence-electron chi connectivity index (χ3n) is 6.25. The van der Waals surface area contributed by atoms with Gasteiger partial charge in [0.25, 0.3) is 0 Å². The molecular formula is C30H24ClF3N4O2. The minimum atomic E-state index is -4.45. The van der Waals surface area contributed by atoms with E-state index in [2.05, 4.69) is 5.32 Å². The van der Waals surface area contributed by atoms with Gasteiger partial charge in [-0.05, 0) is 48.0 Å². The van der Waals surface area contributed by atoms with Crippen LogP contribution in [0, 0.1) is 0 Å². The average Bonchev–Trinajstić information content (AvgIpc) is 3.47. The van der Waals surface area contributed by atoms with Crippen molar-refractivity contribution in [2.45, 2.75) is 25.7 Å². The van der Waals surface area contributed by atoms with Crippen LogP contribution < -0.4 is 10.2 Å². The first-order chi connectivity index (χ1) is 19.3. The Kier molecular flexibility index (Phi) is 8.02. The van der Waals surface area contributed by atoms with Gasteiger partial charge in [0.2, 0.25) is 5.91 Å². The van der Waals surface area contributed by atoms with Crippen LogP contribution in [0.25, 0.3) is 22.3 Å². The van der Waals surface area contributed by atoms with Crippen LogP contribution in [0.5, 0.6) is 0 Å². The number of hydrogen-bond acceptors (Lipinski definition) is 5. The lowest BCUT2D eigenvalue weighted by atomic mass is 10.1. The fourth-order valence-corrected chi connectivity index (χ4v) is 4.44. The molecule has 0 saturated carbocycles. The second-order valence-corrected chi connectivity index (χ2v) is 9.56. The van der Waals surface area contributed by atoms with E-state index in [1.165, 1.54) is 6.07 Å². The summed E-state index contributed by atoms with van der Waals surface area (Å²) in [4.78, 5) is 24.3. The van der Waals surface area contributed by atoms with Crippen LogP contribution in [-0.2, 0) is 24.1 Å². The maximum absolute atomic E-state index is 13.0. The smallest absolute Gasteiger partial charge is 0.416 e. The Hall–Kier alpha value is -4.37. The first-order valence-corrected chi connectivity index (χ1v) is 12.9. The number of carbonyl (C=O) groups is 1. The molecule has 0 spiro atoms. The normalized spacial score (nSPS) is 11.5. The average molecular weight is 565 g/mol. The first kappa shape index (κ1) is 27.2. The summed E-state index contributed by atoms with van der Waals surface area (Å²) in [5.41, 5.74) is 1.08. The Morgan fingerprint density at radius 3 is 2.52 bits per heavy atom. The molecule has 10 heteroatoms. The van der Waals surface area contributed by atoms with Crippen molar-refractivity contribution in [3.05, 3.63) is 113 Å². The van der Waals surface area contributed by atoms with Crippen LogP contribution in [0.1, 0.15) is 23.3 Å². The van der Waals surface area contributed by atoms with E-state index in [0.29, 0.717) is 40.1 Å². The molecule has 6 nitrogen and oxygen atoms in total. The van der Waals surface area contributed by atoms with Crippen molar-refractivity contribution in [1.82, 2.24) is 15.3 Å². The summed E-state index contributed by atoms with van der Waals surface area (Å²) in [6, 6.07) is 23.4. The second kappa shape index (κ2) is 11.8. The Morgan fingerprint density at radius 1 is 0.950 bits per heavy atom. The monoisotopic (exact) mass is 564 g/mol. The fraction of sp³-hybridized carbons (Fsp3) is 0.167. The quantitative estimate of drug-likeness (QED) is 0.204. The van der Waals surface area contributed by atoms with Crippen molar-refractivity contribution < 1.29 is 22.4 Å². The number of anilines is 1. The lowest BCUT2D eigenvalue weighted by molar-refractivity contribution is -0.137. The number of carbonyl (C=O) groups excluding carboxylic acids is 1. The third-order valence-corrected chi connectivity index (χ3v) is 6.49. The van der Waals surface area contributed by atoms with Gasteiger partial charge in [-0.2, -0.15) is 13.2 Å². The van der Waals surface area contributed by atoms with E-state index in [0.717, 1.165) is 23.1 Å². The molecule has 1 N–H and O–H groups in total. The van der Waals surface area contributed by atoms with Crippen molar-refractivity contribution in [3.63, 3.8) is 0 Å². The highest BCUT2D eigenvalue weighted by Gasteiger charge is 2.30. The van der Waals surface area contributed by atoms with Crippen molar-refractivity contribution in [2.24, 2.45) is 0 Å². The van der Waals surface area contributed by atoms with Crippen molar-refractivity contribution in [2.75, 3.05) is 11.4 Å². The van der Waals surface area contributed by atoms with E-state index in [9.17, 15) is 18.0 Å². The molecule has 0 aliphatic rings. The van der Waals surface area contributed by atoms with Crippen molar-refractivity contribution in [1.29, 1.82) is 0 Å². The predicted octanol–water partition coefficient (Wildman–Crippen LogP) is 7.28. The van der Waals surface area contributed by atoms with E-state index in [4.69, 9.17) is 26.0 Å². The van der Waals surface area contributed by atoms with Crippen LogP contribution in [-0.4, -0.2) is 22.4 Å². The Labute approximate surface area is 233 Å². The number of rotatable bonds is 9. The Morgan fingerprint density at radius 2 is 1.77 bits per heavy atom. The number of furan rings is 1. The topological polar surface area (TPSA) is 71.3 Å². The lowest BCUT2D eigenvalue weighted by Gasteiger charge is -2.24. The molecule has 2 aromatic heterocycles. The molecule has 0 atom stereocenters. The molecule has 5 aromatic rings. The van der Waals surface area contributed by atoms with Gasteiger partial charge in [0.05, 0.1) is 23.9 Å². The first-order valence-electron chi connectivity index (χ1n) is 12.5. The van der Waals surface area contributed by atoms with Gasteiger partial charge in [-0.25, -0.2) is 9.97 Å². The molecule has 5 rings (SSSR count). The van der Waals surface area contributed by atoms with E-state index < -0.39 is 11.7 Å². The van der Waals surface area contributed by atoms with Crippen molar-refractivity contribution in [3.8, 4) is 11.4 Å². The molecular weight excluding hydrogens is 541 g/mol. The summed E-state index contributed by atoms with van der Waals surface area (Å²) in [6.07, 6.45) is -2.81. The van der Waals surface area contributed by atoms with Crippen molar-refractivity contribution >= 4 is 34.2 Å². The zero-order valence-electron chi connectivity index (χ0n) is 21.2. The summed E-state index contributed by atoms with van der Waals surface area (Å²) in [5, 5.41) is 4.00. The summed E-state index contributed by atoms with van der Waals surface area (Å²) < 4.78 is 44.7. The number of fused-ring (bicyclic) bond motifs is 1. The summed E-state index contributed by atoms with van der Waals surface area (Å²) in [6.45, 7) is 0.572. The third kappa shape index (κ3) is 6.60. The molecule has 0 bridgehead atoms. The van der Waals surface area contributed by atoms with E-state index in [-0.39, 0.29) is 25.4 Å². The van der Waals surface area contributed by atoms with Crippen LogP contribution >= 0.6 is 11.6 Å². The van der Waals surface area contributed by atoms with Crippen LogP contribution in [0.3, 0.4) is 0 Å². The molecule has 0 fully saturated rings. The molecule has 1 amide bonds. The minimum Gasteiger partial charge on any atom is -0.467 e. The molecule has 2 heterocycles. The van der Waals surface area contributed by atoms with E-state index in [1.807, 2.05) is 47.4 Å². The number of nitrogens with one attached hydrogen (secondary N) is 1. The minimum absolute atomic E-state index is 0.0198. The van der Waals surface area contributed by atoms with E-state index >= 15 is 0 Å². The summed E-state index contributed by atoms with van der Waals surface area (Å²) in [7, 11) is 0. The predicted molar refractivity (Wildman–Crippen MR) is 148 cm³/mol. The molecule has 204 valence electrons. The van der Waals surface area contributed by atoms with Gasteiger partial charge in [0.1, 0.15) is 11.6 Å². The number of benzene rings is 3. The number of nitrogens with zero attached hydrogens (tertiary/aromatic N) is 3. The molecule has 40 heavy (non-hydrogen) atoms. The van der Waals surface area contributed by atoms with Crippen LogP contribution in [0.4, 0.5) is 19.0 Å². The van der Waals surface area contributed by atoms with Gasteiger partial charge in [-0.1, -0.05) is 54.1 Å². The lowest BCUT2D eigenvalue weighted by Crippen LogP contribution is -2.31. The Balaban J connectivity index is 1.40. The summed E-state index contributed by atoms with van der Waals surface area (Å²) in [5.74, 6) is 1.46.